The summed E-state index contributed by atoms with van der Waals surface area (Å²) in [4.78, 5) is 0. The molecule has 0 aliphatic rings. The molecule has 2 aromatic carbocycles. The first-order valence-corrected chi connectivity index (χ1v) is 6.50. The molecule has 0 amide bonds. The SMILES string of the molecule is COc1ccc2ccccc2c1-c1cn(CCN)nn1. The standard InChI is InChI=1S/C15H16N4O/c1-20-14-7-6-11-4-2-3-5-12(11)15(14)13-10-19(9-8-16)18-17-13/h2-7,10H,8-9,16H2,1H3. The van der Waals surface area contributed by atoms with Crippen LogP contribution < -0.4 is 10.5 Å². The van der Waals surface area contributed by atoms with E-state index in [1.54, 1.807) is 11.8 Å². The second-order valence-electron chi connectivity index (χ2n) is 4.52. The van der Waals surface area contributed by atoms with Gasteiger partial charge in [-0.1, -0.05) is 35.5 Å². The van der Waals surface area contributed by atoms with Gasteiger partial charge in [-0.05, 0) is 16.8 Å². The summed E-state index contributed by atoms with van der Waals surface area (Å²) in [6, 6.07) is 12.2. The highest BCUT2D eigenvalue weighted by molar-refractivity contribution is 5.98. The van der Waals surface area contributed by atoms with Gasteiger partial charge in [0.15, 0.2) is 0 Å². The number of hydrogen-bond acceptors (Lipinski definition) is 4. The summed E-state index contributed by atoms with van der Waals surface area (Å²) in [5.74, 6) is 0.795. The fraction of sp³-hybridized carbons (Fsp3) is 0.200. The molecule has 5 heteroatoms. The molecule has 1 heterocycles. The van der Waals surface area contributed by atoms with Crippen LogP contribution in [0.1, 0.15) is 0 Å². The number of nitrogens with zero attached hydrogens (tertiary/aromatic N) is 3. The molecule has 0 fully saturated rings. The van der Waals surface area contributed by atoms with Crippen molar-refractivity contribution in [2.24, 2.45) is 5.73 Å². The summed E-state index contributed by atoms with van der Waals surface area (Å²) in [6.07, 6.45) is 1.90. The van der Waals surface area contributed by atoms with Crippen LogP contribution in [0, 0.1) is 0 Å². The zero-order valence-corrected chi connectivity index (χ0v) is 11.3. The summed E-state index contributed by atoms with van der Waals surface area (Å²) >= 11 is 0. The molecule has 3 aromatic rings. The van der Waals surface area contributed by atoms with Gasteiger partial charge >= 0.3 is 0 Å². The predicted octanol–water partition coefficient (Wildman–Crippen LogP) is 2.07. The lowest BCUT2D eigenvalue weighted by Crippen LogP contribution is -2.10. The maximum atomic E-state index is 5.54. The first kappa shape index (κ1) is 12.6. The second kappa shape index (κ2) is 5.30. The van der Waals surface area contributed by atoms with E-state index in [0.717, 1.165) is 27.8 Å². The van der Waals surface area contributed by atoms with Crippen LogP contribution in [0.5, 0.6) is 5.75 Å². The Kier molecular flexibility index (Phi) is 3.35. The second-order valence-corrected chi connectivity index (χ2v) is 4.52. The molecule has 0 aliphatic heterocycles. The summed E-state index contributed by atoms with van der Waals surface area (Å²) in [5.41, 5.74) is 7.31. The van der Waals surface area contributed by atoms with Crippen molar-refractivity contribution in [3.63, 3.8) is 0 Å². The van der Waals surface area contributed by atoms with Gasteiger partial charge in [0.05, 0.1) is 25.4 Å². The molecule has 0 saturated heterocycles. The van der Waals surface area contributed by atoms with E-state index in [-0.39, 0.29) is 0 Å². The van der Waals surface area contributed by atoms with Crippen LogP contribution in [0.2, 0.25) is 0 Å². The fourth-order valence-electron chi connectivity index (χ4n) is 2.34. The lowest BCUT2D eigenvalue weighted by molar-refractivity contribution is 0.417. The molecule has 0 aliphatic carbocycles. The molecule has 0 atom stereocenters. The van der Waals surface area contributed by atoms with Gasteiger partial charge < -0.3 is 10.5 Å². The Morgan fingerprint density at radius 1 is 1.20 bits per heavy atom. The number of fused-ring (bicyclic) bond motifs is 1. The Labute approximate surface area is 117 Å². The van der Waals surface area contributed by atoms with Gasteiger partial charge in [0, 0.05) is 6.54 Å². The normalized spacial score (nSPS) is 10.9. The highest BCUT2D eigenvalue weighted by Gasteiger charge is 2.13. The third kappa shape index (κ3) is 2.12. The van der Waals surface area contributed by atoms with E-state index in [1.165, 1.54) is 0 Å². The topological polar surface area (TPSA) is 66.0 Å². The van der Waals surface area contributed by atoms with Crippen molar-refractivity contribution < 1.29 is 4.74 Å². The van der Waals surface area contributed by atoms with Crippen molar-refractivity contribution in [3.05, 3.63) is 42.6 Å². The van der Waals surface area contributed by atoms with E-state index in [2.05, 4.69) is 22.4 Å². The average Bonchev–Trinajstić information content (AvgIpc) is 2.94. The number of aromatic nitrogens is 3. The van der Waals surface area contributed by atoms with Gasteiger partial charge in [-0.25, -0.2) is 0 Å². The van der Waals surface area contributed by atoms with Crippen LogP contribution in [-0.4, -0.2) is 28.6 Å². The number of methoxy groups -OCH3 is 1. The predicted molar refractivity (Wildman–Crippen MR) is 78.6 cm³/mol. The summed E-state index contributed by atoms with van der Waals surface area (Å²) in [5, 5.41) is 10.6. The molecule has 1 aromatic heterocycles. The zero-order chi connectivity index (χ0) is 13.9. The zero-order valence-electron chi connectivity index (χ0n) is 11.3. The van der Waals surface area contributed by atoms with Crippen molar-refractivity contribution in [2.45, 2.75) is 6.54 Å². The minimum Gasteiger partial charge on any atom is -0.496 e. The average molecular weight is 268 g/mol. The molecule has 0 radical (unpaired) electrons. The van der Waals surface area contributed by atoms with Crippen LogP contribution in [-0.2, 0) is 6.54 Å². The van der Waals surface area contributed by atoms with Crippen molar-refractivity contribution >= 4 is 10.8 Å². The first-order chi connectivity index (χ1) is 9.83. The Morgan fingerprint density at radius 2 is 2.05 bits per heavy atom. The minimum absolute atomic E-state index is 0.537. The van der Waals surface area contributed by atoms with Gasteiger partial charge in [-0.3, -0.25) is 4.68 Å². The van der Waals surface area contributed by atoms with Crippen molar-refractivity contribution in [3.8, 4) is 17.0 Å². The first-order valence-electron chi connectivity index (χ1n) is 6.50. The van der Waals surface area contributed by atoms with Gasteiger partial charge in [0.1, 0.15) is 11.4 Å². The molecule has 102 valence electrons. The van der Waals surface area contributed by atoms with E-state index >= 15 is 0 Å². The van der Waals surface area contributed by atoms with Crippen molar-refractivity contribution in [1.82, 2.24) is 15.0 Å². The van der Waals surface area contributed by atoms with Crippen LogP contribution in [0.4, 0.5) is 0 Å². The fourth-order valence-corrected chi connectivity index (χ4v) is 2.34. The number of nitrogens with two attached hydrogens (primary N) is 1. The van der Waals surface area contributed by atoms with Crippen molar-refractivity contribution in [2.75, 3.05) is 13.7 Å². The Bertz CT molecular complexity index is 736. The maximum Gasteiger partial charge on any atom is 0.129 e. The monoisotopic (exact) mass is 268 g/mol. The van der Waals surface area contributed by atoms with Gasteiger partial charge in [-0.2, -0.15) is 0 Å². The smallest absolute Gasteiger partial charge is 0.129 e. The number of hydrogen-bond donors (Lipinski definition) is 1. The Hall–Kier alpha value is -2.40. The van der Waals surface area contributed by atoms with Gasteiger partial charge in [0.2, 0.25) is 0 Å². The Balaban J connectivity index is 2.21. The van der Waals surface area contributed by atoms with E-state index < -0.39 is 0 Å². The van der Waals surface area contributed by atoms with Crippen LogP contribution in [0.15, 0.2) is 42.6 Å². The number of rotatable bonds is 4. The molecule has 0 unspecified atom stereocenters. The van der Waals surface area contributed by atoms with Crippen LogP contribution in [0.3, 0.4) is 0 Å². The van der Waals surface area contributed by atoms with Crippen LogP contribution in [0.25, 0.3) is 22.0 Å². The number of ether oxygens (including phenoxy) is 1. The lowest BCUT2D eigenvalue weighted by atomic mass is 10.0. The largest absolute Gasteiger partial charge is 0.496 e. The third-order valence-corrected chi connectivity index (χ3v) is 3.26. The maximum absolute atomic E-state index is 5.54. The molecule has 3 rings (SSSR count). The molecule has 5 nitrogen and oxygen atoms in total. The van der Waals surface area contributed by atoms with Gasteiger partial charge in [-0.15, -0.1) is 5.10 Å². The molecule has 2 N–H and O–H groups in total. The van der Waals surface area contributed by atoms with Crippen molar-refractivity contribution in [1.29, 1.82) is 0 Å². The Morgan fingerprint density at radius 3 is 2.85 bits per heavy atom. The quantitative estimate of drug-likeness (QED) is 0.786. The highest BCUT2D eigenvalue weighted by Crippen LogP contribution is 2.35. The summed E-state index contributed by atoms with van der Waals surface area (Å²) < 4.78 is 7.22. The van der Waals surface area contributed by atoms with Gasteiger partial charge in [0.25, 0.3) is 0 Å². The molecular weight excluding hydrogens is 252 g/mol. The summed E-state index contributed by atoms with van der Waals surface area (Å²) in [6.45, 7) is 1.19. The van der Waals surface area contributed by atoms with E-state index in [0.29, 0.717) is 13.1 Å². The summed E-state index contributed by atoms with van der Waals surface area (Å²) in [7, 11) is 1.66. The van der Waals surface area contributed by atoms with Crippen LogP contribution >= 0.6 is 0 Å². The third-order valence-electron chi connectivity index (χ3n) is 3.26. The molecular formula is C15H16N4O. The molecule has 0 saturated carbocycles. The van der Waals surface area contributed by atoms with E-state index in [4.69, 9.17) is 10.5 Å². The van der Waals surface area contributed by atoms with E-state index in [1.807, 2.05) is 30.5 Å². The highest BCUT2D eigenvalue weighted by atomic mass is 16.5. The lowest BCUT2D eigenvalue weighted by Gasteiger charge is -2.09. The molecule has 20 heavy (non-hydrogen) atoms. The van der Waals surface area contributed by atoms with E-state index in [9.17, 15) is 0 Å². The molecule has 0 spiro atoms. The molecule has 0 bridgehead atoms. The number of benzene rings is 2. The minimum atomic E-state index is 0.537.